The first-order valence-electron chi connectivity index (χ1n) is 11.9. The summed E-state index contributed by atoms with van der Waals surface area (Å²) in [7, 11) is -0.235. The quantitative estimate of drug-likeness (QED) is 0.267. The third kappa shape index (κ3) is 4.07. The Morgan fingerprint density at radius 3 is 2.32 bits per heavy atom. The first-order valence-corrected chi connectivity index (χ1v) is 13.5. The average molecular weight is 508 g/mol. The van der Waals surface area contributed by atoms with Crippen molar-refractivity contribution in [3.05, 3.63) is 109 Å². The van der Waals surface area contributed by atoms with Gasteiger partial charge in [-0.1, -0.05) is 60.7 Å². The van der Waals surface area contributed by atoms with E-state index in [4.69, 9.17) is 4.74 Å². The van der Waals surface area contributed by atoms with Crippen LogP contribution < -0.4 is 4.74 Å². The Bertz CT molecular complexity index is 1850. The van der Waals surface area contributed by atoms with Gasteiger partial charge >= 0.3 is 0 Å². The first-order chi connectivity index (χ1) is 17.9. The molecule has 3 heterocycles. The van der Waals surface area contributed by atoms with Crippen molar-refractivity contribution in [3.63, 3.8) is 0 Å². The molecule has 0 N–H and O–H groups in total. The highest BCUT2D eigenvalue weighted by Crippen LogP contribution is 2.37. The standard InChI is InChI=1S/C30H25N3O3S/c1-32-19-27(26-17-25(36-2)13-14-28(26)32)29-16-23-15-24(22-11-7-4-8-12-22)18-31-30(23)33(29)37(34,35)20-21-9-5-3-6-10-21/h3-19H,20H2,1-2H3. The molecule has 0 unspecified atom stereocenters. The minimum absolute atomic E-state index is 0.138. The summed E-state index contributed by atoms with van der Waals surface area (Å²) in [6.45, 7) is 0. The summed E-state index contributed by atoms with van der Waals surface area (Å²) in [6.07, 6.45) is 3.70. The van der Waals surface area contributed by atoms with Gasteiger partial charge in [0.15, 0.2) is 5.65 Å². The Hall–Kier alpha value is -4.36. The summed E-state index contributed by atoms with van der Waals surface area (Å²) < 4.78 is 36.8. The zero-order valence-electron chi connectivity index (χ0n) is 20.5. The minimum atomic E-state index is -3.81. The zero-order chi connectivity index (χ0) is 25.6. The summed E-state index contributed by atoms with van der Waals surface area (Å²) in [6, 6.07) is 28.9. The van der Waals surface area contributed by atoms with Crippen LogP contribution in [0.5, 0.6) is 5.75 Å². The molecule has 0 amide bonds. The summed E-state index contributed by atoms with van der Waals surface area (Å²) in [5.74, 6) is 0.570. The molecular weight excluding hydrogens is 482 g/mol. The van der Waals surface area contributed by atoms with Crippen LogP contribution in [0.15, 0.2) is 103 Å². The van der Waals surface area contributed by atoms with Gasteiger partial charge in [-0.05, 0) is 41.5 Å². The van der Waals surface area contributed by atoms with E-state index >= 15 is 0 Å². The van der Waals surface area contributed by atoms with Gasteiger partial charge in [0.05, 0.1) is 18.6 Å². The molecule has 6 rings (SSSR count). The van der Waals surface area contributed by atoms with Crippen molar-refractivity contribution < 1.29 is 13.2 Å². The molecule has 6 aromatic rings. The van der Waals surface area contributed by atoms with Crippen molar-refractivity contribution in [1.29, 1.82) is 0 Å². The van der Waals surface area contributed by atoms with Crippen LogP contribution in [0.4, 0.5) is 0 Å². The molecule has 184 valence electrons. The molecule has 0 aliphatic carbocycles. The lowest BCUT2D eigenvalue weighted by Gasteiger charge is -2.12. The summed E-state index contributed by atoms with van der Waals surface area (Å²) in [4.78, 5) is 4.68. The van der Waals surface area contributed by atoms with Gasteiger partial charge in [0.25, 0.3) is 0 Å². The predicted molar refractivity (Wildman–Crippen MR) is 148 cm³/mol. The number of pyridine rings is 1. The zero-order valence-corrected chi connectivity index (χ0v) is 21.3. The van der Waals surface area contributed by atoms with E-state index in [1.807, 2.05) is 109 Å². The van der Waals surface area contributed by atoms with E-state index in [1.165, 1.54) is 3.97 Å². The fourth-order valence-corrected chi connectivity index (χ4v) is 6.49. The van der Waals surface area contributed by atoms with E-state index in [2.05, 4.69) is 4.98 Å². The maximum Gasteiger partial charge on any atom is 0.244 e. The molecular formula is C30H25N3O3S. The van der Waals surface area contributed by atoms with Crippen LogP contribution in [-0.2, 0) is 22.8 Å². The van der Waals surface area contributed by atoms with Crippen LogP contribution >= 0.6 is 0 Å². The van der Waals surface area contributed by atoms with Gasteiger partial charge < -0.3 is 9.30 Å². The maximum absolute atomic E-state index is 14.0. The number of hydrogen-bond acceptors (Lipinski definition) is 4. The van der Waals surface area contributed by atoms with Gasteiger partial charge in [-0.15, -0.1) is 0 Å². The van der Waals surface area contributed by atoms with E-state index < -0.39 is 10.0 Å². The molecule has 37 heavy (non-hydrogen) atoms. The van der Waals surface area contributed by atoms with Crippen molar-refractivity contribution in [2.24, 2.45) is 7.05 Å². The summed E-state index contributed by atoms with van der Waals surface area (Å²) in [5, 5.41) is 1.66. The molecule has 6 nitrogen and oxygen atoms in total. The van der Waals surface area contributed by atoms with Crippen molar-refractivity contribution in [1.82, 2.24) is 13.5 Å². The number of methoxy groups -OCH3 is 1. The smallest absolute Gasteiger partial charge is 0.244 e. The second-order valence-electron chi connectivity index (χ2n) is 9.08. The third-order valence-electron chi connectivity index (χ3n) is 6.65. The minimum Gasteiger partial charge on any atom is -0.497 e. The molecule has 0 bridgehead atoms. The van der Waals surface area contributed by atoms with Gasteiger partial charge in [0, 0.05) is 46.9 Å². The second kappa shape index (κ2) is 8.94. The van der Waals surface area contributed by atoms with E-state index in [0.717, 1.165) is 38.5 Å². The number of fused-ring (bicyclic) bond motifs is 2. The van der Waals surface area contributed by atoms with Crippen molar-refractivity contribution >= 4 is 32.0 Å². The fourth-order valence-electron chi connectivity index (χ4n) is 4.88. The maximum atomic E-state index is 14.0. The van der Waals surface area contributed by atoms with E-state index in [-0.39, 0.29) is 5.75 Å². The highest BCUT2D eigenvalue weighted by atomic mass is 32.2. The van der Waals surface area contributed by atoms with Crippen molar-refractivity contribution in [2.45, 2.75) is 5.75 Å². The number of aromatic nitrogens is 3. The van der Waals surface area contributed by atoms with Gasteiger partial charge in [0.1, 0.15) is 5.75 Å². The van der Waals surface area contributed by atoms with Crippen LogP contribution in [0, 0.1) is 0 Å². The number of ether oxygens (including phenoxy) is 1. The number of benzene rings is 3. The molecule has 0 saturated carbocycles. The number of hydrogen-bond donors (Lipinski definition) is 0. The lowest BCUT2D eigenvalue weighted by atomic mass is 10.1. The van der Waals surface area contributed by atoms with E-state index in [0.29, 0.717) is 17.1 Å². The van der Waals surface area contributed by atoms with Gasteiger partial charge in [-0.3, -0.25) is 0 Å². The third-order valence-corrected chi connectivity index (χ3v) is 8.27. The van der Waals surface area contributed by atoms with Gasteiger partial charge in [-0.2, -0.15) is 0 Å². The molecule has 0 fully saturated rings. The normalized spacial score (nSPS) is 11.8. The molecule has 0 spiro atoms. The van der Waals surface area contributed by atoms with Crippen molar-refractivity contribution in [2.75, 3.05) is 7.11 Å². The van der Waals surface area contributed by atoms with Crippen LogP contribution in [0.25, 0.3) is 44.3 Å². The predicted octanol–water partition coefficient (Wildman–Crippen LogP) is 6.25. The molecule has 0 aliphatic heterocycles. The molecule has 0 saturated heterocycles. The van der Waals surface area contributed by atoms with E-state index in [9.17, 15) is 8.42 Å². The molecule has 0 radical (unpaired) electrons. The first kappa shape index (κ1) is 23.1. The van der Waals surface area contributed by atoms with Crippen LogP contribution in [0.1, 0.15) is 5.56 Å². The SMILES string of the molecule is COc1ccc2c(c1)c(-c1cc3cc(-c4ccccc4)cnc3n1S(=O)(=O)Cc1ccccc1)cn2C. The Labute approximate surface area is 215 Å². The molecule has 0 atom stereocenters. The topological polar surface area (TPSA) is 66.1 Å². The lowest BCUT2D eigenvalue weighted by molar-refractivity contribution is 0.415. The van der Waals surface area contributed by atoms with Crippen LogP contribution in [0.3, 0.4) is 0 Å². The molecule has 0 aliphatic rings. The molecule has 3 aromatic heterocycles. The Balaban J connectivity index is 1.62. The molecule has 3 aromatic carbocycles. The molecule has 7 heteroatoms. The van der Waals surface area contributed by atoms with Gasteiger partial charge in [0.2, 0.25) is 10.0 Å². The Morgan fingerprint density at radius 2 is 1.59 bits per heavy atom. The summed E-state index contributed by atoms with van der Waals surface area (Å²) >= 11 is 0. The number of aryl methyl sites for hydroxylation is 1. The van der Waals surface area contributed by atoms with Crippen LogP contribution in [0.2, 0.25) is 0 Å². The van der Waals surface area contributed by atoms with Crippen molar-refractivity contribution in [3.8, 4) is 28.1 Å². The largest absolute Gasteiger partial charge is 0.497 e. The monoisotopic (exact) mass is 507 g/mol. The fraction of sp³-hybridized carbons (Fsp3) is 0.100. The number of nitrogens with zero attached hydrogens (tertiary/aromatic N) is 3. The highest BCUT2D eigenvalue weighted by Gasteiger charge is 2.25. The van der Waals surface area contributed by atoms with Crippen LogP contribution in [-0.4, -0.2) is 29.1 Å². The average Bonchev–Trinajstić information content (AvgIpc) is 3.46. The lowest BCUT2D eigenvalue weighted by Crippen LogP contribution is -2.16. The highest BCUT2D eigenvalue weighted by molar-refractivity contribution is 7.89. The Morgan fingerprint density at radius 1 is 0.865 bits per heavy atom. The summed E-state index contributed by atoms with van der Waals surface area (Å²) in [5.41, 5.74) is 5.42. The van der Waals surface area contributed by atoms with E-state index in [1.54, 1.807) is 13.3 Å². The second-order valence-corrected chi connectivity index (χ2v) is 10.9. The van der Waals surface area contributed by atoms with Gasteiger partial charge in [-0.25, -0.2) is 17.4 Å². The number of rotatable bonds is 6. The Kier molecular flexibility index (Phi) is 5.57.